The van der Waals surface area contributed by atoms with Crippen LogP contribution in [0.3, 0.4) is 0 Å². The van der Waals surface area contributed by atoms with Gasteiger partial charge in [-0.25, -0.2) is 0 Å². The van der Waals surface area contributed by atoms with Gasteiger partial charge in [-0.3, -0.25) is 4.68 Å². The van der Waals surface area contributed by atoms with Crippen LogP contribution < -0.4 is 5.73 Å². The molecule has 0 aliphatic carbocycles. The number of aryl methyl sites for hydroxylation is 2. The van der Waals surface area contributed by atoms with Gasteiger partial charge in [-0.15, -0.1) is 0 Å². The van der Waals surface area contributed by atoms with Crippen molar-refractivity contribution >= 4 is 38.5 Å². The molecular formula is C13H15BrIN3. The van der Waals surface area contributed by atoms with E-state index >= 15 is 0 Å². The van der Waals surface area contributed by atoms with Crippen LogP contribution in [0, 0.1) is 3.57 Å². The van der Waals surface area contributed by atoms with Gasteiger partial charge >= 0.3 is 0 Å². The maximum absolute atomic E-state index is 6.27. The first-order chi connectivity index (χ1) is 8.58. The first-order valence-electron chi connectivity index (χ1n) is 5.75. The highest BCUT2D eigenvalue weighted by Gasteiger charge is 2.11. The Morgan fingerprint density at radius 2 is 2.22 bits per heavy atom. The van der Waals surface area contributed by atoms with E-state index in [1.54, 1.807) is 0 Å². The molecule has 0 amide bonds. The molecule has 2 aromatic rings. The second-order valence-electron chi connectivity index (χ2n) is 4.26. The molecule has 0 radical (unpaired) electrons. The molecule has 2 rings (SSSR count). The molecule has 18 heavy (non-hydrogen) atoms. The van der Waals surface area contributed by atoms with Gasteiger partial charge in [0.1, 0.15) is 0 Å². The standard InChI is InChI=1S/C13H15BrIN3/c1-18-10(6-7-17-18)3-5-13(16)11-8-9(15)2-4-12(11)14/h2,4,6-8,13H,3,5,16H2,1H3. The Hall–Kier alpha value is -0.400. The van der Waals surface area contributed by atoms with Crippen LogP contribution in [0.1, 0.15) is 23.7 Å². The van der Waals surface area contributed by atoms with E-state index in [9.17, 15) is 0 Å². The number of aromatic nitrogens is 2. The highest BCUT2D eigenvalue weighted by atomic mass is 127. The molecule has 2 N–H and O–H groups in total. The fraction of sp³-hybridized carbons (Fsp3) is 0.308. The minimum Gasteiger partial charge on any atom is -0.324 e. The summed E-state index contributed by atoms with van der Waals surface area (Å²) >= 11 is 5.87. The maximum Gasteiger partial charge on any atom is 0.0492 e. The zero-order valence-corrected chi connectivity index (χ0v) is 13.8. The van der Waals surface area contributed by atoms with Crippen molar-refractivity contribution < 1.29 is 0 Å². The van der Waals surface area contributed by atoms with E-state index in [0.717, 1.165) is 17.3 Å². The maximum atomic E-state index is 6.27. The van der Waals surface area contributed by atoms with Crippen LogP contribution in [0.4, 0.5) is 0 Å². The Kier molecular flexibility index (Phi) is 4.80. The number of benzene rings is 1. The monoisotopic (exact) mass is 419 g/mol. The van der Waals surface area contributed by atoms with Gasteiger partial charge < -0.3 is 5.73 Å². The summed E-state index contributed by atoms with van der Waals surface area (Å²) in [6.45, 7) is 0. The SMILES string of the molecule is Cn1nccc1CCC(N)c1cc(I)ccc1Br. The fourth-order valence-corrected chi connectivity index (χ4v) is 2.96. The molecular weight excluding hydrogens is 405 g/mol. The normalized spacial score (nSPS) is 12.7. The second kappa shape index (κ2) is 6.16. The molecule has 1 aromatic heterocycles. The topological polar surface area (TPSA) is 43.8 Å². The summed E-state index contributed by atoms with van der Waals surface area (Å²) in [5, 5.41) is 4.16. The highest BCUT2D eigenvalue weighted by Crippen LogP contribution is 2.26. The average molecular weight is 420 g/mol. The van der Waals surface area contributed by atoms with Crippen LogP contribution in [0.25, 0.3) is 0 Å². The number of nitrogens with zero attached hydrogens (tertiary/aromatic N) is 2. The van der Waals surface area contributed by atoms with Gasteiger partial charge in [0.2, 0.25) is 0 Å². The van der Waals surface area contributed by atoms with E-state index in [0.29, 0.717) is 0 Å². The van der Waals surface area contributed by atoms with Gasteiger partial charge in [0.25, 0.3) is 0 Å². The van der Waals surface area contributed by atoms with Crippen molar-refractivity contribution in [2.24, 2.45) is 12.8 Å². The predicted molar refractivity (Wildman–Crippen MR) is 85.3 cm³/mol. The number of rotatable bonds is 4. The molecule has 3 nitrogen and oxygen atoms in total. The third-order valence-electron chi connectivity index (χ3n) is 2.99. The molecule has 0 aliphatic rings. The summed E-state index contributed by atoms with van der Waals surface area (Å²) in [7, 11) is 1.96. The third kappa shape index (κ3) is 3.33. The summed E-state index contributed by atoms with van der Waals surface area (Å²) in [5.74, 6) is 0. The second-order valence-corrected chi connectivity index (χ2v) is 6.36. The van der Waals surface area contributed by atoms with Gasteiger partial charge in [-0.05, 0) is 65.3 Å². The van der Waals surface area contributed by atoms with E-state index < -0.39 is 0 Å². The van der Waals surface area contributed by atoms with E-state index in [-0.39, 0.29) is 6.04 Å². The Bertz CT molecular complexity index is 539. The average Bonchev–Trinajstić information content (AvgIpc) is 2.75. The van der Waals surface area contributed by atoms with E-state index in [4.69, 9.17) is 5.73 Å². The van der Waals surface area contributed by atoms with E-state index in [1.165, 1.54) is 14.8 Å². The predicted octanol–water partition coefficient (Wildman–Crippen LogP) is 3.42. The van der Waals surface area contributed by atoms with Crippen LogP contribution in [0.15, 0.2) is 34.9 Å². The molecule has 0 saturated heterocycles. The lowest BCUT2D eigenvalue weighted by molar-refractivity contribution is 0.612. The van der Waals surface area contributed by atoms with E-state index in [2.05, 4.69) is 61.8 Å². The first-order valence-corrected chi connectivity index (χ1v) is 7.62. The lowest BCUT2D eigenvalue weighted by atomic mass is 10.0. The molecule has 1 atom stereocenters. The zero-order valence-electron chi connectivity index (χ0n) is 10.1. The minimum absolute atomic E-state index is 0.0454. The molecule has 1 unspecified atom stereocenters. The van der Waals surface area contributed by atoms with Crippen molar-refractivity contribution in [2.45, 2.75) is 18.9 Å². The van der Waals surface area contributed by atoms with Crippen LogP contribution in [0.2, 0.25) is 0 Å². The quantitative estimate of drug-likeness (QED) is 0.771. The van der Waals surface area contributed by atoms with Gasteiger partial charge in [-0.1, -0.05) is 15.9 Å². The minimum atomic E-state index is 0.0454. The Balaban J connectivity index is 2.06. The van der Waals surface area contributed by atoms with Crippen LogP contribution in [-0.4, -0.2) is 9.78 Å². The van der Waals surface area contributed by atoms with Crippen LogP contribution in [-0.2, 0) is 13.5 Å². The molecule has 1 aromatic carbocycles. The van der Waals surface area contributed by atoms with Crippen molar-refractivity contribution in [1.29, 1.82) is 0 Å². The summed E-state index contributed by atoms with van der Waals surface area (Å²) in [6.07, 6.45) is 3.68. The molecule has 0 aliphatic heterocycles. The van der Waals surface area contributed by atoms with Crippen molar-refractivity contribution in [2.75, 3.05) is 0 Å². The van der Waals surface area contributed by atoms with Crippen molar-refractivity contribution in [3.63, 3.8) is 0 Å². The summed E-state index contributed by atoms with van der Waals surface area (Å²) in [4.78, 5) is 0. The number of nitrogens with two attached hydrogens (primary N) is 1. The fourth-order valence-electron chi connectivity index (χ4n) is 1.90. The largest absolute Gasteiger partial charge is 0.324 e. The van der Waals surface area contributed by atoms with E-state index in [1.807, 2.05) is 24.0 Å². The van der Waals surface area contributed by atoms with Gasteiger partial charge in [0, 0.05) is 33.0 Å². The van der Waals surface area contributed by atoms with Gasteiger partial charge in [0.05, 0.1) is 0 Å². The van der Waals surface area contributed by atoms with Gasteiger partial charge in [-0.2, -0.15) is 5.10 Å². The molecule has 0 saturated carbocycles. The molecule has 96 valence electrons. The number of hydrogen-bond acceptors (Lipinski definition) is 2. The van der Waals surface area contributed by atoms with Crippen LogP contribution >= 0.6 is 38.5 Å². The molecule has 0 fully saturated rings. The molecule has 0 spiro atoms. The molecule has 5 heteroatoms. The molecule has 1 heterocycles. The summed E-state index contributed by atoms with van der Waals surface area (Å²) in [6, 6.07) is 8.35. The van der Waals surface area contributed by atoms with Gasteiger partial charge in [0.15, 0.2) is 0 Å². The smallest absolute Gasteiger partial charge is 0.0492 e. The van der Waals surface area contributed by atoms with Crippen molar-refractivity contribution in [3.8, 4) is 0 Å². The summed E-state index contributed by atoms with van der Waals surface area (Å²) < 4.78 is 4.19. The highest BCUT2D eigenvalue weighted by molar-refractivity contribution is 14.1. The zero-order chi connectivity index (χ0) is 13.1. The lowest BCUT2D eigenvalue weighted by Gasteiger charge is -2.14. The van der Waals surface area contributed by atoms with Crippen molar-refractivity contribution in [1.82, 2.24) is 9.78 Å². The number of halogens is 2. The van der Waals surface area contributed by atoms with Crippen molar-refractivity contribution in [3.05, 3.63) is 49.8 Å². The van der Waals surface area contributed by atoms with Crippen LogP contribution in [0.5, 0.6) is 0 Å². The lowest BCUT2D eigenvalue weighted by Crippen LogP contribution is -2.13. The third-order valence-corrected chi connectivity index (χ3v) is 4.38. The number of hydrogen-bond donors (Lipinski definition) is 1. The Morgan fingerprint density at radius 3 is 2.89 bits per heavy atom. The Labute approximate surface area is 129 Å². The Morgan fingerprint density at radius 1 is 1.44 bits per heavy atom. The first kappa shape index (κ1) is 14.0. The summed E-state index contributed by atoms with van der Waals surface area (Å²) in [5.41, 5.74) is 8.65. The molecule has 0 bridgehead atoms.